The summed E-state index contributed by atoms with van der Waals surface area (Å²) in [5.41, 5.74) is 6.32. The van der Waals surface area contributed by atoms with E-state index < -0.39 is 0 Å². The number of Topliss-reactive ketones (excluding diaryl/α,β-unsaturated/α-hetero) is 1. The fourth-order valence-electron chi connectivity index (χ4n) is 1.05. The van der Waals surface area contributed by atoms with Crippen LogP contribution in [-0.4, -0.2) is 12.8 Å². The Balaban J connectivity index is 4.07. The van der Waals surface area contributed by atoms with Crippen LogP contribution in [-0.2, 0) is 4.79 Å². The molecule has 0 spiro atoms. The first-order valence-electron chi connectivity index (χ1n) is 5.04. The van der Waals surface area contributed by atoms with Gasteiger partial charge in [-0.25, -0.2) is 5.43 Å². The Morgan fingerprint density at radius 3 is 2.64 bits per heavy atom. The van der Waals surface area contributed by atoms with Crippen molar-refractivity contribution in [2.75, 3.05) is 7.05 Å². The van der Waals surface area contributed by atoms with E-state index in [1.807, 2.05) is 13.0 Å². The summed E-state index contributed by atoms with van der Waals surface area (Å²) in [7, 11) is 1.78. The van der Waals surface area contributed by atoms with Gasteiger partial charge in [-0.15, -0.1) is 0 Å². The van der Waals surface area contributed by atoms with Crippen molar-refractivity contribution in [1.29, 1.82) is 0 Å². The second kappa shape index (κ2) is 8.51. The highest BCUT2D eigenvalue weighted by atomic mass is 16.1. The first-order valence-corrected chi connectivity index (χ1v) is 5.04. The smallest absolute Gasteiger partial charge is 0.162 e. The van der Waals surface area contributed by atoms with Crippen LogP contribution in [0.25, 0.3) is 0 Å². The summed E-state index contributed by atoms with van der Waals surface area (Å²) in [6, 6.07) is 0. The number of nitrogens with one attached hydrogen (secondary N) is 2. The van der Waals surface area contributed by atoms with Gasteiger partial charge in [0.05, 0.1) is 0 Å². The van der Waals surface area contributed by atoms with E-state index in [0.717, 1.165) is 18.4 Å². The van der Waals surface area contributed by atoms with E-state index in [2.05, 4.69) is 17.8 Å². The van der Waals surface area contributed by atoms with E-state index in [-0.39, 0.29) is 5.78 Å². The van der Waals surface area contributed by atoms with E-state index in [9.17, 15) is 4.79 Å². The lowest BCUT2D eigenvalue weighted by Gasteiger charge is -2.00. The topological polar surface area (TPSA) is 41.1 Å². The molecule has 14 heavy (non-hydrogen) atoms. The minimum atomic E-state index is 0.212. The molecule has 3 heteroatoms. The molecule has 0 radical (unpaired) electrons. The molecule has 0 unspecified atom stereocenters. The number of allylic oxidation sites excluding steroid dienone is 3. The van der Waals surface area contributed by atoms with Crippen LogP contribution in [0.5, 0.6) is 0 Å². The van der Waals surface area contributed by atoms with Crippen LogP contribution in [0, 0.1) is 0 Å². The van der Waals surface area contributed by atoms with Crippen molar-refractivity contribution >= 4 is 5.78 Å². The minimum Gasteiger partial charge on any atom is -0.329 e. The third kappa shape index (κ3) is 5.54. The highest BCUT2D eigenvalue weighted by Gasteiger charge is 2.03. The first-order chi connectivity index (χ1) is 6.76. The second-order valence-corrected chi connectivity index (χ2v) is 3.00. The van der Waals surface area contributed by atoms with Crippen LogP contribution < -0.4 is 10.9 Å². The average Bonchev–Trinajstić information content (AvgIpc) is 2.21. The SMILES string of the molecule is C/C=C(\C=C\NNC)C(=O)CCCC. The summed E-state index contributed by atoms with van der Waals surface area (Å²) in [6.45, 7) is 3.96. The third-order valence-electron chi connectivity index (χ3n) is 1.88. The molecule has 0 aromatic rings. The van der Waals surface area contributed by atoms with Crippen LogP contribution >= 0.6 is 0 Å². The van der Waals surface area contributed by atoms with Crippen molar-refractivity contribution in [2.24, 2.45) is 0 Å². The predicted octanol–water partition coefficient (Wildman–Crippen LogP) is 1.93. The standard InChI is InChI=1S/C11H20N2O/c1-4-6-7-11(14)10(5-2)8-9-13-12-3/h5,8-9,12-13H,4,6-7H2,1-3H3/b9-8+,10-5+. The Morgan fingerprint density at radius 1 is 1.43 bits per heavy atom. The largest absolute Gasteiger partial charge is 0.329 e. The van der Waals surface area contributed by atoms with Crippen molar-refractivity contribution < 1.29 is 4.79 Å². The highest BCUT2D eigenvalue weighted by Crippen LogP contribution is 2.05. The summed E-state index contributed by atoms with van der Waals surface area (Å²) in [5, 5.41) is 0. The van der Waals surface area contributed by atoms with Gasteiger partial charge < -0.3 is 5.43 Å². The van der Waals surface area contributed by atoms with E-state index in [4.69, 9.17) is 0 Å². The Labute approximate surface area is 86.2 Å². The fourth-order valence-corrected chi connectivity index (χ4v) is 1.05. The maximum Gasteiger partial charge on any atom is 0.162 e. The molecule has 0 fully saturated rings. The van der Waals surface area contributed by atoms with Gasteiger partial charge in [0.25, 0.3) is 0 Å². The van der Waals surface area contributed by atoms with E-state index in [1.165, 1.54) is 0 Å². The number of ketones is 1. The molecular weight excluding hydrogens is 176 g/mol. The Kier molecular flexibility index (Phi) is 7.84. The van der Waals surface area contributed by atoms with Crippen molar-refractivity contribution in [2.45, 2.75) is 33.1 Å². The van der Waals surface area contributed by atoms with Crippen molar-refractivity contribution in [1.82, 2.24) is 10.9 Å². The maximum atomic E-state index is 11.6. The monoisotopic (exact) mass is 196 g/mol. The third-order valence-corrected chi connectivity index (χ3v) is 1.88. The minimum absolute atomic E-state index is 0.212. The molecule has 0 aromatic carbocycles. The molecule has 0 aliphatic rings. The fraction of sp³-hybridized carbons (Fsp3) is 0.545. The normalized spacial score (nSPS) is 12.1. The summed E-state index contributed by atoms with van der Waals surface area (Å²) < 4.78 is 0. The second-order valence-electron chi connectivity index (χ2n) is 3.00. The number of hydrogen-bond donors (Lipinski definition) is 2. The van der Waals surface area contributed by atoms with Crippen molar-refractivity contribution in [3.63, 3.8) is 0 Å². The first kappa shape index (κ1) is 12.9. The summed E-state index contributed by atoms with van der Waals surface area (Å²) >= 11 is 0. The molecule has 0 bridgehead atoms. The van der Waals surface area contributed by atoms with Crippen LogP contribution in [0.3, 0.4) is 0 Å². The lowest BCUT2D eigenvalue weighted by Crippen LogP contribution is -2.20. The number of carbonyl (C=O) groups excluding carboxylic acids is 1. The number of hydrogen-bond acceptors (Lipinski definition) is 3. The zero-order chi connectivity index (χ0) is 10.8. The van der Waals surface area contributed by atoms with Gasteiger partial charge in [0.1, 0.15) is 0 Å². The van der Waals surface area contributed by atoms with Crippen molar-refractivity contribution in [3.05, 3.63) is 23.9 Å². The number of rotatable bonds is 7. The van der Waals surface area contributed by atoms with Crippen LogP contribution in [0.4, 0.5) is 0 Å². The molecule has 0 aromatic heterocycles. The molecule has 80 valence electrons. The lowest BCUT2D eigenvalue weighted by molar-refractivity contribution is -0.115. The van der Waals surface area contributed by atoms with Gasteiger partial charge >= 0.3 is 0 Å². The molecule has 0 aliphatic heterocycles. The van der Waals surface area contributed by atoms with E-state index in [1.54, 1.807) is 19.3 Å². The van der Waals surface area contributed by atoms with Crippen LogP contribution in [0.15, 0.2) is 23.9 Å². The Bertz CT molecular complexity index is 219. The van der Waals surface area contributed by atoms with Crippen LogP contribution in [0.2, 0.25) is 0 Å². The molecular formula is C11H20N2O. The summed E-state index contributed by atoms with van der Waals surface area (Å²) in [5.74, 6) is 0.212. The Morgan fingerprint density at radius 2 is 2.14 bits per heavy atom. The van der Waals surface area contributed by atoms with E-state index >= 15 is 0 Å². The van der Waals surface area contributed by atoms with Gasteiger partial charge in [-0.05, 0) is 19.4 Å². The van der Waals surface area contributed by atoms with Gasteiger partial charge in [0, 0.05) is 25.2 Å². The van der Waals surface area contributed by atoms with Gasteiger partial charge in [-0.1, -0.05) is 19.4 Å². The average molecular weight is 196 g/mol. The molecule has 0 amide bonds. The molecule has 0 rings (SSSR count). The van der Waals surface area contributed by atoms with Crippen molar-refractivity contribution in [3.8, 4) is 0 Å². The molecule has 0 heterocycles. The summed E-state index contributed by atoms with van der Waals surface area (Å²) in [4.78, 5) is 11.6. The molecule has 0 atom stereocenters. The molecule has 2 N–H and O–H groups in total. The lowest BCUT2D eigenvalue weighted by atomic mass is 10.1. The zero-order valence-corrected chi connectivity index (χ0v) is 9.26. The van der Waals surface area contributed by atoms with Gasteiger partial charge in [-0.3, -0.25) is 4.79 Å². The summed E-state index contributed by atoms with van der Waals surface area (Å²) in [6.07, 6.45) is 8.00. The number of unbranched alkanes of at least 4 members (excludes halogenated alkanes) is 1. The molecule has 0 saturated carbocycles. The predicted molar refractivity (Wildman–Crippen MR) is 59.6 cm³/mol. The number of hydrazine groups is 1. The zero-order valence-electron chi connectivity index (χ0n) is 9.26. The molecule has 3 nitrogen and oxygen atoms in total. The number of carbonyl (C=O) groups is 1. The Hall–Kier alpha value is -1.09. The maximum absolute atomic E-state index is 11.6. The van der Waals surface area contributed by atoms with Gasteiger partial charge in [0.2, 0.25) is 0 Å². The van der Waals surface area contributed by atoms with E-state index in [0.29, 0.717) is 6.42 Å². The molecule has 0 aliphatic carbocycles. The quantitative estimate of drug-likeness (QED) is 0.371. The van der Waals surface area contributed by atoms with Gasteiger partial charge in [-0.2, -0.15) is 0 Å². The molecule has 0 saturated heterocycles. The highest BCUT2D eigenvalue weighted by molar-refractivity contribution is 5.97. The van der Waals surface area contributed by atoms with Gasteiger partial charge in [0.15, 0.2) is 5.78 Å². The van der Waals surface area contributed by atoms with Crippen LogP contribution in [0.1, 0.15) is 33.1 Å².